The maximum Gasteiger partial charge on any atom is 0.229 e. The number of carbonyl (C=O) groups is 1. The topological polar surface area (TPSA) is 98.9 Å². The molecule has 4 fully saturated rings. The smallest absolute Gasteiger partial charge is 0.229 e. The van der Waals surface area contributed by atoms with Crippen molar-refractivity contribution < 1.29 is 9.90 Å². The van der Waals surface area contributed by atoms with E-state index >= 15 is 0 Å². The van der Waals surface area contributed by atoms with E-state index in [0.29, 0.717) is 17.7 Å². The quantitative estimate of drug-likeness (QED) is 0.666. The Morgan fingerprint density at radius 2 is 1.97 bits per heavy atom. The van der Waals surface area contributed by atoms with E-state index in [2.05, 4.69) is 29.1 Å². The summed E-state index contributed by atoms with van der Waals surface area (Å²) < 4.78 is 0. The van der Waals surface area contributed by atoms with Crippen molar-refractivity contribution in [1.82, 2.24) is 9.97 Å². The Hall–Kier alpha value is -2.00. The second-order valence-electron chi connectivity index (χ2n) is 11.7. The molecule has 2 N–H and O–H groups in total. The van der Waals surface area contributed by atoms with Crippen LogP contribution in [0.15, 0.2) is 12.4 Å². The molecule has 0 aliphatic heterocycles. The fourth-order valence-corrected chi connectivity index (χ4v) is 8.79. The number of nitrogens with zero attached hydrogens (tertiary/aromatic N) is 3. The molecule has 1 heterocycles. The molecule has 0 saturated heterocycles. The van der Waals surface area contributed by atoms with Crippen LogP contribution in [0.1, 0.15) is 90.2 Å². The molecule has 0 aromatic carbocycles. The number of amides is 1. The van der Waals surface area contributed by atoms with Crippen LogP contribution >= 0.6 is 0 Å². The van der Waals surface area contributed by atoms with E-state index in [0.717, 1.165) is 62.7 Å². The van der Waals surface area contributed by atoms with Gasteiger partial charge in [-0.25, -0.2) is 9.97 Å². The average molecular weight is 451 g/mol. The number of aromatic nitrogens is 2. The predicted octanol–water partition coefficient (Wildman–Crippen LogP) is 5.09. The van der Waals surface area contributed by atoms with Crippen molar-refractivity contribution in [2.24, 2.45) is 40.9 Å². The Labute approximate surface area is 197 Å². The Kier molecular flexibility index (Phi) is 5.97. The molecule has 8 atom stereocenters. The van der Waals surface area contributed by atoms with Gasteiger partial charge in [-0.05, 0) is 99.2 Å². The van der Waals surface area contributed by atoms with Gasteiger partial charge in [0.1, 0.15) is 23.9 Å². The molecule has 1 amide bonds. The Morgan fingerprint density at radius 3 is 2.76 bits per heavy atom. The number of nitrogens with one attached hydrogen (secondary N) is 1. The minimum absolute atomic E-state index is 0.00248. The molecule has 5 rings (SSSR count). The van der Waals surface area contributed by atoms with E-state index in [4.69, 9.17) is 5.26 Å². The van der Waals surface area contributed by atoms with Crippen molar-refractivity contribution in [1.29, 1.82) is 5.26 Å². The molecule has 33 heavy (non-hydrogen) atoms. The third-order valence-electron chi connectivity index (χ3n) is 10.2. The highest BCUT2D eigenvalue weighted by atomic mass is 16.3. The molecule has 6 nitrogen and oxygen atoms in total. The summed E-state index contributed by atoms with van der Waals surface area (Å²) in [5.74, 6) is 4.05. The third-order valence-corrected chi connectivity index (χ3v) is 10.2. The zero-order chi connectivity index (χ0) is 23.2. The lowest BCUT2D eigenvalue weighted by molar-refractivity contribution is -0.130. The number of rotatable bonds is 4. The normalized spacial score (nSPS) is 41.9. The lowest BCUT2D eigenvalue weighted by Gasteiger charge is -2.57. The monoisotopic (exact) mass is 450 g/mol. The second-order valence-corrected chi connectivity index (χ2v) is 11.7. The van der Waals surface area contributed by atoms with Crippen LogP contribution in [0.4, 0.5) is 5.82 Å². The minimum atomic E-state index is -0.422. The highest BCUT2D eigenvalue weighted by Crippen LogP contribution is 2.64. The van der Waals surface area contributed by atoms with Gasteiger partial charge in [0.2, 0.25) is 5.91 Å². The van der Waals surface area contributed by atoms with Crippen molar-refractivity contribution >= 4 is 11.7 Å². The predicted molar refractivity (Wildman–Crippen MR) is 126 cm³/mol. The second kappa shape index (κ2) is 8.65. The van der Waals surface area contributed by atoms with Gasteiger partial charge in [0, 0.05) is 12.0 Å². The molecule has 178 valence electrons. The van der Waals surface area contributed by atoms with E-state index < -0.39 is 5.60 Å². The first-order valence-electron chi connectivity index (χ1n) is 13.1. The van der Waals surface area contributed by atoms with E-state index in [1.165, 1.54) is 32.0 Å². The van der Waals surface area contributed by atoms with Crippen LogP contribution in [0.3, 0.4) is 0 Å². The van der Waals surface area contributed by atoms with Crippen LogP contribution < -0.4 is 5.32 Å². The fraction of sp³-hybridized carbons (Fsp3) is 0.778. The molecule has 4 aliphatic rings. The van der Waals surface area contributed by atoms with Gasteiger partial charge in [-0.1, -0.05) is 20.3 Å². The molecule has 0 bridgehead atoms. The van der Waals surface area contributed by atoms with E-state index in [1.54, 1.807) is 6.07 Å². The fourth-order valence-electron chi connectivity index (χ4n) is 8.79. The summed E-state index contributed by atoms with van der Waals surface area (Å²) in [4.78, 5) is 21.4. The minimum Gasteiger partial charge on any atom is -0.390 e. The molecular weight excluding hydrogens is 412 g/mol. The van der Waals surface area contributed by atoms with Gasteiger partial charge in [0.25, 0.3) is 0 Å². The summed E-state index contributed by atoms with van der Waals surface area (Å²) in [5, 5.41) is 23.1. The Bertz CT molecular complexity index is 944. The van der Waals surface area contributed by atoms with E-state index in [-0.39, 0.29) is 22.9 Å². The molecule has 1 aromatic rings. The summed E-state index contributed by atoms with van der Waals surface area (Å²) in [6.07, 6.45) is 13.4. The van der Waals surface area contributed by atoms with Crippen LogP contribution in [0.2, 0.25) is 0 Å². The maximum absolute atomic E-state index is 13.3. The first-order valence-corrected chi connectivity index (χ1v) is 13.1. The molecular formula is C27H38N4O2. The average Bonchev–Trinajstić information content (AvgIpc) is 3.16. The van der Waals surface area contributed by atoms with Gasteiger partial charge in [-0.3, -0.25) is 4.79 Å². The molecule has 4 saturated carbocycles. The number of hydrogen-bond donors (Lipinski definition) is 2. The zero-order valence-electron chi connectivity index (χ0n) is 20.1. The highest BCUT2D eigenvalue weighted by molar-refractivity contribution is 5.92. The number of hydrogen-bond acceptors (Lipinski definition) is 5. The zero-order valence-corrected chi connectivity index (χ0v) is 20.1. The first-order chi connectivity index (χ1) is 15.9. The van der Waals surface area contributed by atoms with Crippen molar-refractivity contribution in [3.05, 3.63) is 18.1 Å². The summed E-state index contributed by atoms with van der Waals surface area (Å²) in [6.45, 7) is 4.54. The van der Waals surface area contributed by atoms with Crippen LogP contribution in [0.25, 0.3) is 0 Å². The van der Waals surface area contributed by atoms with Crippen molar-refractivity contribution in [3.63, 3.8) is 0 Å². The molecule has 0 spiro atoms. The number of aliphatic hydroxyl groups is 1. The summed E-state index contributed by atoms with van der Waals surface area (Å²) >= 11 is 0. The SMILES string of the molecule is CCCC1(O)CCC2C(CCC3C2CCC2(C)C(C(=O)Nc4cc(C#N)ncn4)CCC32)C1. The van der Waals surface area contributed by atoms with Crippen molar-refractivity contribution in [2.75, 3.05) is 5.32 Å². The largest absolute Gasteiger partial charge is 0.390 e. The molecule has 4 aliphatic carbocycles. The number of nitriles is 1. The lowest BCUT2D eigenvalue weighted by atomic mass is 9.49. The van der Waals surface area contributed by atoms with Gasteiger partial charge in [-0.15, -0.1) is 0 Å². The lowest BCUT2D eigenvalue weighted by Crippen LogP contribution is -2.51. The summed E-state index contributed by atoms with van der Waals surface area (Å²) in [7, 11) is 0. The molecule has 1 aromatic heterocycles. The number of fused-ring (bicyclic) bond motifs is 5. The van der Waals surface area contributed by atoms with Crippen molar-refractivity contribution in [2.45, 2.75) is 90.1 Å². The van der Waals surface area contributed by atoms with E-state index in [1.807, 2.05) is 6.07 Å². The Balaban J connectivity index is 1.28. The van der Waals surface area contributed by atoms with Gasteiger partial charge in [0.05, 0.1) is 5.60 Å². The van der Waals surface area contributed by atoms with Gasteiger partial charge >= 0.3 is 0 Å². The summed E-state index contributed by atoms with van der Waals surface area (Å²) in [5.41, 5.74) is -0.109. The van der Waals surface area contributed by atoms with Crippen LogP contribution in [0.5, 0.6) is 0 Å². The van der Waals surface area contributed by atoms with Crippen molar-refractivity contribution in [3.8, 4) is 6.07 Å². The number of carbonyl (C=O) groups excluding carboxylic acids is 1. The highest BCUT2D eigenvalue weighted by Gasteiger charge is 2.59. The molecule has 6 heteroatoms. The maximum atomic E-state index is 13.3. The van der Waals surface area contributed by atoms with Gasteiger partial charge in [0.15, 0.2) is 0 Å². The Morgan fingerprint density at radius 1 is 1.15 bits per heavy atom. The first kappa shape index (κ1) is 22.8. The molecule has 0 radical (unpaired) electrons. The van der Waals surface area contributed by atoms with Crippen LogP contribution in [0, 0.1) is 52.3 Å². The summed E-state index contributed by atoms with van der Waals surface area (Å²) in [6, 6.07) is 3.56. The standard InChI is InChI=1S/C27H38N4O2/c1-3-10-27(33)12-9-19-17(14-27)4-5-21-20(19)8-11-26(2)22(21)6-7-23(26)25(32)31-24-13-18(15-28)29-16-30-24/h13,16-17,19-23,33H,3-12,14H2,1-2H3,(H,29,30,31,32). The van der Waals surface area contributed by atoms with Crippen LogP contribution in [-0.2, 0) is 4.79 Å². The van der Waals surface area contributed by atoms with Gasteiger partial charge in [-0.2, -0.15) is 5.26 Å². The third kappa shape index (κ3) is 3.97. The van der Waals surface area contributed by atoms with Gasteiger partial charge < -0.3 is 10.4 Å². The number of anilines is 1. The van der Waals surface area contributed by atoms with E-state index in [9.17, 15) is 9.90 Å². The van der Waals surface area contributed by atoms with Crippen LogP contribution in [-0.4, -0.2) is 26.6 Å². The molecule has 8 unspecified atom stereocenters.